The van der Waals surface area contributed by atoms with Crippen molar-refractivity contribution in [1.82, 2.24) is 0 Å². The van der Waals surface area contributed by atoms with E-state index >= 15 is 0 Å². The Kier molecular flexibility index (Phi) is 3.40. The number of halogens is 1. The Morgan fingerprint density at radius 1 is 1.05 bits per heavy atom. The lowest BCUT2D eigenvalue weighted by molar-refractivity contribution is -0.110. The first-order valence-electron chi connectivity index (χ1n) is 6.29. The van der Waals surface area contributed by atoms with Crippen LogP contribution in [0.15, 0.2) is 60.7 Å². The first-order valence-corrected chi connectivity index (χ1v) is 6.66. The molecule has 3 heteroatoms. The van der Waals surface area contributed by atoms with Gasteiger partial charge in [0, 0.05) is 16.2 Å². The predicted octanol–water partition coefficient (Wildman–Crippen LogP) is 4.39. The highest BCUT2D eigenvalue weighted by atomic mass is 35.5. The molecule has 0 saturated heterocycles. The van der Waals surface area contributed by atoms with Crippen molar-refractivity contribution in [2.75, 3.05) is 5.32 Å². The molecule has 1 aliphatic heterocycles. The summed E-state index contributed by atoms with van der Waals surface area (Å²) in [6.07, 6.45) is 5.67. The number of hydrogen-bond acceptors (Lipinski definition) is 1. The van der Waals surface area contributed by atoms with Crippen molar-refractivity contribution in [3.63, 3.8) is 0 Å². The highest BCUT2D eigenvalue weighted by Crippen LogP contribution is 2.33. The Morgan fingerprint density at radius 2 is 1.85 bits per heavy atom. The number of anilines is 1. The number of hydrogen-bond donors (Lipinski definition) is 1. The molecular formula is C17H12ClNO. The van der Waals surface area contributed by atoms with Crippen LogP contribution in [0, 0.1) is 0 Å². The van der Waals surface area contributed by atoms with E-state index in [1.807, 2.05) is 54.6 Å². The van der Waals surface area contributed by atoms with Gasteiger partial charge in [-0.15, -0.1) is 0 Å². The third-order valence-electron chi connectivity index (χ3n) is 3.12. The number of nitrogens with one attached hydrogen (secondary N) is 1. The molecule has 98 valence electrons. The molecule has 2 aromatic carbocycles. The van der Waals surface area contributed by atoms with Crippen molar-refractivity contribution in [3.8, 4) is 0 Å². The number of rotatable bonds is 2. The molecule has 1 heterocycles. The number of fused-ring (bicyclic) bond motifs is 1. The van der Waals surface area contributed by atoms with E-state index in [2.05, 4.69) is 5.32 Å². The molecular weight excluding hydrogens is 270 g/mol. The third-order valence-corrected chi connectivity index (χ3v) is 3.35. The summed E-state index contributed by atoms with van der Waals surface area (Å²) in [6.45, 7) is 0. The molecule has 0 fully saturated rings. The summed E-state index contributed by atoms with van der Waals surface area (Å²) in [5, 5.41) is 3.43. The van der Waals surface area contributed by atoms with Crippen LogP contribution in [0.2, 0.25) is 5.02 Å². The quantitative estimate of drug-likeness (QED) is 0.813. The topological polar surface area (TPSA) is 29.1 Å². The maximum absolute atomic E-state index is 11.9. The maximum atomic E-state index is 11.9. The summed E-state index contributed by atoms with van der Waals surface area (Å²) in [5.74, 6) is -0.0972. The molecule has 2 nitrogen and oxygen atoms in total. The fourth-order valence-electron chi connectivity index (χ4n) is 2.15. The van der Waals surface area contributed by atoms with Gasteiger partial charge in [0.2, 0.25) is 0 Å². The lowest BCUT2D eigenvalue weighted by Gasteiger charge is -1.97. The first kappa shape index (κ1) is 12.7. The molecule has 2 aromatic rings. The second kappa shape index (κ2) is 5.35. The molecule has 0 atom stereocenters. The summed E-state index contributed by atoms with van der Waals surface area (Å²) in [5.41, 5.74) is 3.40. The number of amides is 1. The highest BCUT2D eigenvalue weighted by molar-refractivity contribution is 6.34. The van der Waals surface area contributed by atoms with Crippen molar-refractivity contribution in [2.45, 2.75) is 0 Å². The standard InChI is InChI=1S/C17H12ClNO/c18-13-9-10-14-15(17(20)19-16(14)11-13)8-4-7-12-5-2-1-3-6-12/h1-11H,(H,19,20)/b7-4+,15-8+. The molecule has 1 aliphatic rings. The van der Waals surface area contributed by atoms with Gasteiger partial charge >= 0.3 is 0 Å². The number of benzene rings is 2. The van der Waals surface area contributed by atoms with Crippen molar-refractivity contribution < 1.29 is 4.79 Å². The molecule has 0 saturated carbocycles. The zero-order valence-corrected chi connectivity index (χ0v) is 11.4. The van der Waals surface area contributed by atoms with Crippen LogP contribution in [-0.4, -0.2) is 5.91 Å². The zero-order chi connectivity index (χ0) is 13.9. The minimum atomic E-state index is -0.0972. The highest BCUT2D eigenvalue weighted by Gasteiger charge is 2.23. The number of allylic oxidation sites excluding steroid dienone is 2. The summed E-state index contributed by atoms with van der Waals surface area (Å²) < 4.78 is 0. The van der Waals surface area contributed by atoms with Crippen molar-refractivity contribution in [1.29, 1.82) is 0 Å². The minimum absolute atomic E-state index is 0.0972. The first-order chi connectivity index (χ1) is 9.74. The van der Waals surface area contributed by atoms with Gasteiger partial charge in [-0.1, -0.05) is 60.2 Å². The van der Waals surface area contributed by atoms with Crippen LogP contribution >= 0.6 is 11.6 Å². The van der Waals surface area contributed by atoms with Crippen LogP contribution in [0.3, 0.4) is 0 Å². The van der Waals surface area contributed by atoms with Crippen LogP contribution < -0.4 is 5.32 Å². The van der Waals surface area contributed by atoms with Crippen LogP contribution in [-0.2, 0) is 4.79 Å². The smallest absolute Gasteiger partial charge is 0.256 e. The van der Waals surface area contributed by atoms with Crippen molar-refractivity contribution >= 4 is 34.8 Å². The minimum Gasteiger partial charge on any atom is -0.321 e. The summed E-state index contributed by atoms with van der Waals surface area (Å²) in [4.78, 5) is 11.9. The van der Waals surface area contributed by atoms with Crippen molar-refractivity contribution in [2.24, 2.45) is 0 Å². The average molecular weight is 282 g/mol. The van der Waals surface area contributed by atoms with E-state index in [0.29, 0.717) is 10.6 Å². The Labute approximate surface area is 122 Å². The SMILES string of the molecule is O=C1Nc2cc(Cl)ccc2/C1=C\C=C\c1ccccc1. The van der Waals surface area contributed by atoms with Crippen LogP contribution in [0.4, 0.5) is 5.69 Å². The van der Waals surface area contributed by atoms with E-state index in [1.165, 1.54) is 0 Å². The van der Waals surface area contributed by atoms with Crippen LogP contribution in [0.25, 0.3) is 11.6 Å². The number of carbonyl (C=O) groups excluding carboxylic acids is 1. The van der Waals surface area contributed by atoms with Gasteiger partial charge in [-0.25, -0.2) is 0 Å². The summed E-state index contributed by atoms with van der Waals surface area (Å²) in [7, 11) is 0. The van der Waals surface area contributed by atoms with Crippen LogP contribution in [0.1, 0.15) is 11.1 Å². The molecule has 1 amide bonds. The Hall–Kier alpha value is -2.32. The molecule has 0 bridgehead atoms. The van der Waals surface area contributed by atoms with E-state index in [-0.39, 0.29) is 5.91 Å². The normalized spacial score (nSPS) is 15.7. The van der Waals surface area contributed by atoms with Gasteiger partial charge in [-0.3, -0.25) is 4.79 Å². The van der Waals surface area contributed by atoms with E-state index in [9.17, 15) is 4.79 Å². The largest absolute Gasteiger partial charge is 0.321 e. The maximum Gasteiger partial charge on any atom is 0.256 e. The number of carbonyl (C=O) groups is 1. The van der Waals surface area contributed by atoms with E-state index in [0.717, 1.165) is 16.8 Å². The third kappa shape index (κ3) is 2.51. The van der Waals surface area contributed by atoms with Gasteiger partial charge in [-0.05, 0) is 23.8 Å². The van der Waals surface area contributed by atoms with Gasteiger partial charge in [0.1, 0.15) is 0 Å². The van der Waals surface area contributed by atoms with Gasteiger partial charge in [0.15, 0.2) is 0 Å². The zero-order valence-electron chi connectivity index (χ0n) is 10.6. The fourth-order valence-corrected chi connectivity index (χ4v) is 2.32. The Balaban J connectivity index is 1.90. The lowest BCUT2D eigenvalue weighted by atomic mass is 10.1. The van der Waals surface area contributed by atoms with Gasteiger partial charge in [-0.2, -0.15) is 0 Å². The van der Waals surface area contributed by atoms with E-state index in [1.54, 1.807) is 12.1 Å². The van der Waals surface area contributed by atoms with Gasteiger partial charge < -0.3 is 5.32 Å². The fraction of sp³-hybridized carbons (Fsp3) is 0. The Bertz CT molecular complexity index is 717. The molecule has 20 heavy (non-hydrogen) atoms. The molecule has 3 rings (SSSR count). The second-order valence-corrected chi connectivity index (χ2v) is 4.93. The van der Waals surface area contributed by atoms with Crippen molar-refractivity contribution in [3.05, 3.63) is 76.8 Å². The average Bonchev–Trinajstić information content (AvgIpc) is 2.75. The molecule has 1 N–H and O–H groups in total. The predicted molar refractivity (Wildman–Crippen MR) is 83.5 cm³/mol. The second-order valence-electron chi connectivity index (χ2n) is 4.49. The molecule has 0 unspecified atom stereocenters. The van der Waals surface area contributed by atoms with Gasteiger partial charge in [0.25, 0.3) is 5.91 Å². The van der Waals surface area contributed by atoms with E-state index in [4.69, 9.17) is 11.6 Å². The molecule has 0 aromatic heterocycles. The van der Waals surface area contributed by atoms with Gasteiger partial charge in [0.05, 0.1) is 5.69 Å². The molecule has 0 radical (unpaired) electrons. The molecule has 0 spiro atoms. The van der Waals surface area contributed by atoms with E-state index < -0.39 is 0 Å². The summed E-state index contributed by atoms with van der Waals surface area (Å²) >= 11 is 5.92. The van der Waals surface area contributed by atoms with Crippen LogP contribution in [0.5, 0.6) is 0 Å². The summed E-state index contributed by atoms with van der Waals surface area (Å²) in [6, 6.07) is 15.4. The monoisotopic (exact) mass is 281 g/mol. The lowest BCUT2D eigenvalue weighted by Crippen LogP contribution is -2.03. The Morgan fingerprint density at radius 3 is 2.65 bits per heavy atom. The molecule has 0 aliphatic carbocycles.